The van der Waals surface area contributed by atoms with Crippen LogP contribution in [0, 0.1) is 0 Å². The molecule has 0 amide bonds. The normalized spacial score (nSPS) is 12.1. The Morgan fingerprint density at radius 3 is 2.16 bits per heavy atom. The maximum absolute atomic E-state index is 6.56. The Morgan fingerprint density at radius 1 is 0.812 bits per heavy atom. The highest BCUT2D eigenvalue weighted by Gasteiger charge is 2.17. The van der Waals surface area contributed by atoms with Crippen molar-refractivity contribution in [3.05, 3.63) is 59.8 Å². The van der Waals surface area contributed by atoms with Crippen LogP contribution in [-0.2, 0) is 14.2 Å². The highest BCUT2D eigenvalue weighted by atomic mass is 16.6. The first-order chi connectivity index (χ1) is 15.7. The first-order valence-corrected chi connectivity index (χ1v) is 10.7. The topological polar surface area (TPSA) is 98.0 Å². The fourth-order valence-electron chi connectivity index (χ4n) is 3.13. The van der Waals surface area contributed by atoms with Crippen molar-refractivity contribution < 1.29 is 23.7 Å². The molecule has 0 bridgehead atoms. The van der Waals surface area contributed by atoms with Gasteiger partial charge in [0.05, 0.1) is 57.4 Å². The standard InChI is InChI=1S/C24H31N3O5/c1-3-29-12-13-30-14-15-31-16-17-32-24-26-21-7-5-4-6-20(21)23(27-24)22(25)18-8-10-19(28-2)11-9-18/h4-11,22H,3,12-17,25H2,1-2H3. The van der Waals surface area contributed by atoms with E-state index in [1.807, 2.05) is 55.5 Å². The van der Waals surface area contributed by atoms with Gasteiger partial charge in [0.2, 0.25) is 0 Å². The lowest BCUT2D eigenvalue weighted by atomic mass is 10.0. The van der Waals surface area contributed by atoms with Crippen molar-refractivity contribution in [3.8, 4) is 11.8 Å². The number of hydrogen-bond donors (Lipinski definition) is 1. The lowest BCUT2D eigenvalue weighted by Crippen LogP contribution is -2.17. The van der Waals surface area contributed by atoms with E-state index >= 15 is 0 Å². The van der Waals surface area contributed by atoms with Crippen LogP contribution in [-0.4, -0.2) is 63.3 Å². The van der Waals surface area contributed by atoms with Crippen LogP contribution in [0.2, 0.25) is 0 Å². The van der Waals surface area contributed by atoms with Crippen LogP contribution in [0.4, 0.5) is 0 Å². The van der Waals surface area contributed by atoms with Gasteiger partial charge in [-0.1, -0.05) is 30.3 Å². The van der Waals surface area contributed by atoms with Gasteiger partial charge in [-0.2, -0.15) is 9.97 Å². The second kappa shape index (κ2) is 12.9. The zero-order valence-electron chi connectivity index (χ0n) is 18.7. The summed E-state index contributed by atoms with van der Waals surface area (Å²) in [7, 11) is 1.63. The van der Waals surface area contributed by atoms with E-state index in [0.29, 0.717) is 51.9 Å². The highest BCUT2D eigenvalue weighted by molar-refractivity contribution is 5.82. The fourth-order valence-corrected chi connectivity index (χ4v) is 3.13. The monoisotopic (exact) mass is 441 g/mol. The number of fused-ring (bicyclic) bond motifs is 1. The fraction of sp³-hybridized carbons (Fsp3) is 0.417. The molecule has 1 atom stereocenters. The Morgan fingerprint density at radius 2 is 1.47 bits per heavy atom. The Labute approximate surface area is 188 Å². The third-order valence-corrected chi connectivity index (χ3v) is 4.79. The molecule has 1 unspecified atom stereocenters. The zero-order chi connectivity index (χ0) is 22.6. The van der Waals surface area contributed by atoms with Gasteiger partial charge in [-0.3, -0.25) is 0 Å². The molecule has 0 saturated heterocycles. The number of aromatic nitrogens is 2. The summed E-state index contributed by atoms with van der Waals surface area (Å²) in [6.45, 7) is 5.55. The van der Waals surface area contributed by atoms with Gasteiger partial charge in [0.25, 0.3) is 0 Å². The van der Waals surface area contributed by atoms with Crippen LogP contribution in [0.1, 0.15) is 24.2 Å². The van der Waals surface area contributed by atoms with Gasteiger partial charge in [-0.15, -0.1) is 0 Å². The van der Waals surface area contributed by atoms with Gasteiger partial charge in [-0.05, 0) is 30.7 Å². The molecule has 0 radical (unpaired) electrons. The molecule has 0 saturated carbocycles. The molecule has 32 heavy (non-hydrogen) atoms. The maximum Gasteiger partial charge on any atom is 0.317 e. The molecule has 8 nitrogen and oxygen atoms in total. The molecule has 3 aromatic rings. The van der Waals surface area contributed by atoms with E-state index in [1.165, 1.54) is 0 Å². The molecule has 1 heterocycles. The summed E-state index contributed by atoms with van der Waals surface area (Å²) >= 11 is 0. The molecule has 0 fully saturated rings. The van der Waals surface area contributed by atoms with E-state index in [-0.39, 0.29) is 6.01 Å². The molecule has 0 aliphatic heterocycles. The van der Waals surface area contributed by atoms with Crippen molar-refractivity contribution in [2.45, 2.75) is 13.0 Å². The molecule has 0 aliphatic carbocycles. The Kier molecular flexibility index (Phi) is 9.64. The van der Waals surface area contributed by atoms with Crippen LogP contribution >= 0.6 is 0 Å². The summed E-state index contributed by atoms with van der Waals surface area (Å²) in [6.07, 6.45) is 0. The average molecular weight is 442 g/mol. The number of benzene rings is 2. The van der Waals surface area contributed by atoms with Gasteiger partial charge in [0, 0.05) is 12.0 Å². The Hall–Kier alpha value is -2.78. The molecule has 2 aromatic carbocycles. The Bertz CT molecular complexity index is 952. The van der Waals surface area contributed by atoms with Crippen LogP contribution in [0.3, 0.4) is 0 Å². The van der Waals surface area contributed by atoms with E-state index in [4.69, 9.17) is 29.4 Å². The van der Waals surface area contributed by atoms with Crippen molar-refractivity contribution in [2.75, 3.05) is 53.4 Å². The summed E-state index contributed by atoms with van der Waals surface area (Å²) in [4.78, 5) is 9.12. The number of rotatable bonds is 14. The summed E-state index contributed by atoms with van der Waals surface area (Å²) in [6, 6.07) is 15.2. The number of nitrogens with two attached hydrogens (primary N) is 1. The molecule has 1 aromatic heterocycles. The second-order valence-electron chi connectivity index (χ2n) is 6.93. The molecule has 3 rings (SSSR count). The zero-order valence-corrected chi connectivity index (χ0v) is 18.7. The minimum atomic E-state index is -0.429. The van der Waals surface area contributed by atoms with Crippen molar-refractivity contribution in [1.29, 1.82) is 0 Å². The first kappa shape index (κ1) is 23.9. The highest BCUT2D eigenvalue weighted by Crippen LogP contribution is 2.27. The third kappa shape index (κ3) is 6.86. The van der Waals surface area contributed by atoms with Crippen molar-refractivity contribution >= 4 is 10.9 Å². The van der Waals surface area contributed by atoms with Crippen LogP contribution in [0.15, 0.2) is 48.5 Å². The number of methoxy groups -OCH3 is 1. The minimum Gasteiger partial charge on any atom is -0.497 e. The third-order valence-electron chi connectivity index (χ3n) is 4.79. The van der Waals surface area contributed by atoms with Gasteiger partial charge in [0.15, 0.2) is 0 Å². The second-order valence-corrected chi connectivity index (χ2v) is 6.93. The van der Waals surface area contributed by atoms with Crippen molar-refractivity contribution in [1.82, 2.24) is 9.97 Å². The van der Waals surface area contributed by atoms with Gasteiger partial charge < -0.3 is 29.4 Å². The lowest BCUT2D eigenvalue weighted by Gasteiger charge is -2.16. The van der Waals surface area contributed by atoms with Crippen molar-refractivity contribution in [3.63, 3.8) is 0 Å². The molecule has 0 spiro atoms. The first-order valence-electron chi connectivity index (χ1n) is 10.7. The number of nitrogens with zero attached hydrogens (tertiary/aromatic N) is 2. The van der Waals surface area contributed by atoms with E-state index in [1.54, 1.807) is 7.11 Å². The van der Waals surface area contributed by atoms with E-state index < -0.39 is 6.04 Å². The largest absolute Gasteiger partial charge is 0.497 e. The molecule has 172 valence electrons. The van der Waals surface area contributed by atoms with E-state index in [9.17, 15) is 0 Å². The van der Waals surface area contributed by atoms with Crippen LogP contribution < -0.4 is 15.2 Å². The Balaban J connectivity index is 1.58. The van der Waals surface area contributed by atoms with Gasteiger partial charge in [0.1, 0.15) is 12.4 Å². The van der Waals surface area contributed by atoms with Crippen LogP contribution in [0.25, 0.3) is 10.9 Å². The minimum absolute atomic E-state index is 0.277. The van der Waals surface area contributed by atoms with E-state index in [0.717, 1.165) is 22.2 Å². The summed E-state index contributed by atoms with van der Waals surface area (Å²) in [5.74, 6) is 0.775. The average Bonchev–Trinajstić information content (AvgIpc) is 2.84. The summed E-state index contributed by atoms with van der Waals surface area (Å²) < 4.78 is 27.1. The molecule has 8 heteroatoms. The number of hydrogen-bond acceptors (Lipinski definition) is 8. The smallest absolute Gasteiger partial charge is 0.317 e. The molecule has 2 N–H and O–H groups in total. The van der Waals surface area contributed by atoms with Crippen molar-refractivity contribution in [2.24, 2.45) is 5.73 Å². The van der Waals surface area contributed by atoms with Crippen LogP contribution in [0.5, 0.6) is 11.8 Å². The molecular weight excluding hydrogens is 410 g/mol. The predicted molar refractivity (Wildman–Crippen MR) is 122 cm³/mol. The summed E-state index contributed by atoms with van der Waals surface area (Å²) in [5.41, 5.74) is 8.97. The number of para-hydroxylation sites is 1. The van der Waals surface area contributed by atoms with E-state index in [2.05, 4.69) is 9.97 Å². The maximum atomic E-state index is 6.56. The number of ether oxygens (including phenoxy) is 5. The molecule has 0 aliphatic rings. The predicted octanol–water partition coefficient (Wildman–Crippen LogP) is 3.14. The summed E-state index contributed by atoms with van der Waals surface area (Å²) in [5, 5.41) is 0.892. The van der Waals surface area contributed by atoms with Gasteiger partial charge in [-0.25, -0.2) is 0 Å². The quantitative estimate of drug-likeness (QED) is 0.381. The molecular formula is C24H31N3O5. The lowest BCUT2D eigenvalue weighted by molar-refractivity contribution is 0.0108. The van der Waals surface area contributed by atoms with Gasteiger partial charge >= 0.3 is 6.01 Å². The SMILES string of the molecule is CCOCCOCCOCCOc1nc(C(N)c2ccc(OC)cc2)c2ccccc2n1.